The van der Waals surface area contributed by atoms with E-state index in [9.17, 15) is 0 Å². The Morgan fingerprint density at radius 1 is 0.903 bits per heavy atom. The predicted molar refractivity (Wildman–Crippen MR) is 127 cm³/mol. The van der Waals surface area contributed by atoms with Gasteiger partial charge in [0, 0.05) is 41.6 Å². The molecule has 5 aromatic rings. The predicted octanol–water partition coefficient (Wildman–Crippen LogP) is 7.00. The second-order valence-corrected chi connectivity index (χ2v) is 8.69. The molecule has 0 saturated heterocycles. The van der Waals surface area contributed by atoms with Crippen molar-refractivity contribution in [1.29, 1.82) is 0 Å². The van der Waals surface area contributed by atoms with Crippen LogP contribution in [0, 0.1) is 13.8 Å². The molecule has 0 spiro atoms. The normalized spacial score (nSPS) is 21.0. The highest BCUT2D eigenvalue weighted by Gasteiger charge is 2.38. The number of furan rings is 1. The van der Waals surface area contributed by atoms with Crippen molar-refractivity contribution in [2.45, 2.75) is 33.0 Å². The van der Waals surface area contributed by atoms with E-state index < -0.39 is 19.1 Å². The van der Waals surface area contributed by atoms with Gasteiger partial charge in [0.2, 0.25) is 5.69 Å². The van der Waals surface area contributed by atoms with Gasteiger partial charge in [0.25, 0.3) is 0 Å². The molecule has 1 atom stereocenters. The van der Waals surface area contributed by atoms with Crippen LogP contribution in [0.4, 0.5) is 0 Å². The van der Waals surface area contributed by atoms with Gasteiger partial charge in [-0.2, -0.15) is 0 Å². The van der Waals surface area contributed by atoms with Gasteiger partial charge in [-0.1, -0.05) is 56.2 Å². The zero-order valence-corrected chi connectivity index (χ0v) is 17.7. The maximum atomic E-state index is 8.55. The zero-order chi connectivity index (χ0) is 26.5. The number of aromatic nitrogens is 1. The molecule has 0 fully saturated rings. The third-order valence-corrected chi connectivity index (χ3v) is 6.66. The fourth-order valence-electron chi connectivity index (χ4n) is 5.20. The topological polar surface area (TPSA) is 17.0 Å². The SMILES string of the molecule is [2H]C([2H])([2H])c1ccc(-c2c(C)ccc3c2oc2c4c(ccc23)-c2ccccc2C4(C)C([2H])([2H])[2H])[n+](C)c1. The van der Waals surface area contributed by atoms with Gasteiger partial charge in [-0.05, 0) is 48.2 Å². The molecule has 0 N–H and O–H groups in total. The van der Waals surface area contributed by atoms with Crippen LogP contribution in [0.3, 0.4) is 0 Å². The molecule has 2 heterocycles. The van der Waals surface area contributed by atoms with Crippen LogP contribution in [0.5, 0.6) is 0 Å². The standard InChI is InChI=1S/C29H26NO/c1-17-10-15-24(30(5)16-17)25-18(2)11-12-21-22-14-13-20-19-8-6-7-9-23(19)29(3,4)26(20)28(22)31-27(21)25/h6-16H,1-5H3/q+1/i1D3,3D3. The minimum Gasteiger partial charge on any atom is -0.455 e. The summed E-state index contributed by atoms with van der Waals surface area (Å²) in [6, 6.07) is 19.2. The second kappa shape index (κ2) is 6.07. The summed E-state index contributed by atoms with van der Waals surface area (Å²) in [6.07, 6.45) is 1.63. The number of hydrogen-bond donors (Lipinski definition) is 0. The number of pyridine rings is 1. The first-order valence-corrected chi connectivity index (χ1v) is 10.4. The van der Waals surface area contributed by atoms with Gasteiger partial charge in [-0.3, -0.25) is 0 Å². The summed E-state index contributed by atoms with van der Waals surface area (Å²) < 4.78 is 57.4. The molecule has 31 heavy (non-hydrogen) atoms. The van der Waals surface area contributed by atoms with Crippen molar-refractivity contribution in [1.82, 2.24) is 0 Å². The lowest BCUT2D eigenvalue weighted by Crippen LogP contribution is -2.31. The van der Waals surface area contributed by atoms with Crippen molar-refractivity contribution < 1.29 is 17.2 Å². The minimum atomic E-state index is -2.29. The Balaban J connectivity index is 1.69. The van der Waals surface area contributed by atoms with Crippen LogP contribution in [-0.4, -0.2) is 0 Å². The van der Waals surface area contributed by atoms with Crippen LogP contribution in [0.25, 0.3) is 44.3 Å². The minimum absolute atomic E-state index is 0.261. The maximum absolute atomic E-state index is 8.55. The Morgan fingerprint density at radius 3 is 2.52 bits per heavy atom. The van der Waals surface area contributed by atoms with Gasteiger partial charge < -0.3 is 4.42 Å². The van der Waals surface area contributed by atoms with E-state index in [1.807, 2.05) is 73.1 Å². The average molecular weight is 411 g/mol. The zero-order valence-electron chi connectivity index (χ0n) is 23.7. The molecule has 2 heteroatoms. The molecule has 1 aliphatic rings. The van der Waals surface area contributed by atoms with Crippen LogP contribution < -0.4 is 4.57 Å². The summed E-state index contributed by atoms with van der Waals surface area (Å²) in [4.78, 5) is 0. The third kappa shape index (κ3) is 2.36. The Hall–Kier alpha value is -3.39. The Kier molecular flexibility index (Phi) is 2.57. The number of nitrogens with zero attached hydrogens (tertiary/aromatic N) is 1. The molecule has 6 rings (SSSR count). The van der Waals surface area contributed by atoms with Crippen molar-refractivity contribution in [3.05, 3.63) is 89.1 Å². The Bertz CT molecular complexity index is 1740. The van der Waals surface area contributed by atoms with Gasteiger partial charge >= 0.3 is 0 Å². The maximum Gasteiger partial charge on any atom is 0.216 e. The summed E-state index contributed by atoms with van der Waals surface area (Å²) in [5, 5.41) is 1.75. The molecule has 0 saturated carbocycles. The second-order valence-electron chi connectivity index (χ2n) is 8.69. The number of hydrogen-bond acceptors (Lipinski definition) is 1. The van der Waals surface area contributed by atoms with Crippen LogP contribution in [0.1, 0.15) is 44.3 Å². The van der Waals surface area contributed by atoms with Gasteiger partial charge in [-0.25, -0.2) is 4.57 Å². The fourth-order valence-corrected chi connectivity index (χ4v) is 5.20. The van der Waals surface area contributed by atoms with Gasteiger partial charge in [0.15, 0.2) is 6.20 Å². The fraction of sp³-hybridized carbons (Fsp3) is 0.207. The smallest absolute Gasteiger partial charge is 0.216 e. The highest BCUT2D eigenvalue weighted by atomic mass is 16.3. The summed E-state index contributed by atoms with van der Waals surface area (Å²) in [5.74, 6) is 0. The molecule has 1 unspecified atom stereocenters. The highest BCUT2D eigenvalue weighted by Crippen LogP contribution is 2.52. The molecule has 2 nitrogen and oxygen atoms in total. The lowest BCUT2D eigenvalue weighted by molar-refractivity contribution is -0.660. The molecule has 0 bridgehead atoms. The molecule has 2 aromatic heterocycles. The monoisotopic (exact) mass is 410 g/mol. The van der Waals surface area contributed by atoms with E-state index in [1.54, 1.807) is 19.2 Å². The third-order valence-electron chi connectivity index (χ3n) is 6.66. The van der Waals surface area contributed by atoms with Crippen LogP contribution in [0.15, 0.2) is 71.3 Å². The molecule has 0 aliphatic heterocycles. The molecule has 0 radical (unpaired) electrons. The molecular weight excluding hydrogens is 378 g/mol. The largest absolute Gasteiger partial charge is 0.455 e. The molecule has 152 valence electrons. The molecule has 3 aromatic carbocycles. The van der Waals surface area contributed by atoms with E-state index in [1.165, 1.54) is 0 Å². The van der Waals surface area contributed by atoms with Crippen LogP contribution in [0.2, 0.25) is 0 Å². The molecule has 0 amide bonds. The van der Waals surface area contributed by atoms with Crippen molar-refractivity contribution in [2.24, 2.45) is 7.05 Å². The lowest BCUT2D eigenvalue weighted by Gasteiger charge is -2.21. The van der Waals surface area contributed by atoms with E-state index in [4.69, 9.17) is 12.6 Å². The van der Waals surface area contributed by atoms with Crippen molar-refractivity contribution in [3.8, 4) is 22.4 Å². The van der Waals surface area contributed by atoms with E-state index in [0.29, 0.717) is 16.7 Å². The van der Waals surface area contributed by atoms with Gasteiger partial charge in [-0.15, -0.1) is 0 Å². The quantitative estimate of drug-likeness (QED) is 0.272. The van der Waals surface area contributed by atoms with E-state index in [2.05, 4.69) is 0 Å². The summed E-state index contributed by atoms with van der Waals surface area (Å²) in [5.41, 5.74) is 6.18. The van der Waals surface area contributed by atoms with E-state index >= 15 is 0 Å². The summed E-state index contributed by atoms with van der Waals surface area (Å²) >= 11 is 0. The molecular formula is C29H26NO+. The van der Waals surface area contributed by atoms with Crippen molar-refractivity contribution in [3.63, 3.8) is 0 Å². The number of fused-ring (bicyclic) bond motifs is 7. The van der Waals surface area contributed by atoms with E-state index in [0.717, 1.165) is 44.3 Å². The lowest BCUT2D eigenvalue weighted by atomic mass is 9.82. The van der Waals surface area contributed by atoms with Crippen LogP contribution in [-0.2, 0) is 12.5 Å². The van der Waals surface area contributed by atoms with Crippen molar-refractivity contribution >= 4 is 21.9 Å². The Labute approximate surface area is 191 Å². The summed E-state index contributed by atoms with van der Waals surface area (Å²) in [7, 11) is 1.82. The van der Waals surface area contributed by atoms with Crippen LogP contribution >= 0.6 is 0 Å². The number of aryl methyl sites for hydroxylation is 3. The van der Waals surface area contributed by atoms with Crippen molar-refractivity contribution in [2.75, 3.05) is 0 Å². The summed E-state index contributed by atoms with van der Waals surface area (Å²) in [6.45, 7) is -0.715. The van der Waals surface area contributed by atoms with Gasteiger partial charge in [0.1, 0.15) is 18.2 Å². The van der Waals surface area contributed by atoms with Gasteiger partial charge in [0.05, 0.1) is 5.56 Å². The van der Waals surface area contributed by atoms with E-state index in [-0.39, 0.29) is 5.56 Å². The molecule has 1 aliphatic carbocycles. The number of rotatable bonds is 1. The average Bonchev–Trinajstić information content (AvgIpc) is 3.33. The first kappa shape index (κ1) is 13.1. The number of benzene rings is 3. The highest BCUT2D eigenvalue weighted by molar-refractivity contribution is 6.12. The first-order chi connectivity index (χ1) is 17.3. The first-order valence-electron chi connectivity index (χ1n) is 13.4. The Morgan fingerprint density at radius 2 is 1.71 bits per heavy atom.